The van der Waals surface area contributed by atoms with E-state index >= 15 is 0 Å². The van der Waals surface area contributed by atoms with Crippen LogP contribution in [0, 0.1) is 6.92 Å². The van der Waals surface area contributed by atoms with Crippen molar-refractivity contribution in [3.05, 3.63) is 50.2 Å². The van der Waals surface area contributed by atoms with E-state index in [4.69, 9.17) is 16.3 Å². The molecule has 0 fully saturated rings. The van der Waals surface area contributed by atoms with Crippen LogP contribution in [0.3, 0.4) is 0 Å². The zero-order valence-electron chi connectivity index (χ0n) is 10.5. The van der Waals surface area contributed by atoms with Gasteiger partial charge in [-0.25, -0.2) is 0 Å². The van der Waals surface area contributed by atoms with Crippen LogP contribution in [0.4, 0.5) is 0 Å². The summed E-state index contributed by atoms with van der Waals surface area (Å²) >= 11 is 7.59. The molecule has 0 amide bonds. The molecule has 0 unspecified atom stereocenters. The largest absolute Gasteiger partial charge is 0.493 e. The highest BCUT2D eigenvalue weighted by Crippen LogP contribution is 2.34. The number of ketones is 1. The van der Waals surface area contributed by atoms with Gasteiger partial charge < -0.3 is 4.74 Å². The monoisotopic (exact) mass is 292 g/mol. The van der Waals surface area contributed by atoms with E-state index in [-0.39, 0.29) is 5.78 Å². The number of halogens is 1. The molecule has 2 aromatic rings. The molecule has 0 atom stereocenters. The number of thiophene rings is 1. The van der Waals surface area contributed by atoms with Crippen LogP contribution in [-0.2, 0) is 12.8 Å². The molecule has 1 aliphatic rings. The average Bonchev–Trinajstić information content (AvgIpc) is 2.97. The maximum Gasteiger partial charge on any atom is 0.177 e. The number of hydrogen-bond acceptors (Lipinski definition) is 3. The van der Waals surface area contributed by atoms with Crippen molar-refractivity contribution in [1.82, 2.24) is 0 Å². The maximum absolute atomic E-state index is 12.3. The molecule has 0 bridgehead atoms. The fraction of sp³-hybridized carbons (Fsp3) is 0.267. The van der Waals surface area contributed by atoms with E-state index < -0.39 is 0 Å². The molecule has 0 N–H and O–H groups in total. The van der Waals surface area contributed by atoms with E-state index in [0.717, 1.165) is 33.7 Å². The van der Waals surface area contributed by atoms with Crippen molar-refractivity contribution in [3.63, 3.8) is 0 Å². The van der Waals surface area contributed by atoms with Crippen LogP contribution in [0.5, 0.6) is 5.75 Å². The molecule has 0 spiro atoms. The summed E-state index contributed by atoms with van der Waals surface area (Å²) in [7, 11) is 0. The van der Waals surface area contributed by atoms with Crippen LogP contribution < -0.4 is 4.74 Å². The Bertz CT molecular complexity index is 646. The number of fused-ring (bicyclic) bond motifs is 1. The molecule has 1 aliphatic heterocycles. The zero-order chi connectivity index (χ0) is 13.4. The second-order valence-corrected chi connectivity index (χ2v) is 6.04. The SMILES string of the molecule is Cc1ccsc1C(=O)Cc1cc(Cl)cc2c1OCC2. The first-order valence-electron chi connectivity index (χ1n) is 6.16. The second-order valence-electron chi connectivity index (χ2n) is 4.68. The second kappa shape index (κ2) is 4.99. The van der Waals surface area contributed by atoms with Gasteiger partial charge in [0.15, 0.2) is 5.78 Å². The Morgan fingerprint density at radius 3 is 3.05 bits per heavy atom. The lowest BCUT2D eigenvalue weighted by atomic mass is 10.0. The zero-order valence-corrected chi connectivity index (χ0v) is 12.1. The normalized spacial score (nSPS) is 13.2. The van der Waals surface area contributed by atoms with Crippen LogP contribution >= 0.6 is 22.9 Å². The minimum absolute atomic E-state index is 0.132. The highest BCUT2D eigenvalue weighted by atomic mass is 35.5. The van der Waals surface area contributed by atoms with Crippen molar-refractivity contribution in [2.45, 2.75) is 19.8 Å². The van der Waals surface area contributed by atoms with E-state index in [1.54, 1.807) is 0 Å². The first-order valence-corrected chi connectivity index (χ1v) is 7.42. The minimum Gasteiger partial charge on any atom is -0.493 e. The Balaban J connectivity index is 1.92. The van der Waals surface area contributed by atoms with E-state index in [9.17, 15) is 4.79 Å². The van der Waals surface area contributed by atoms with Crippen molar-refractivity contribution >= 4 is 28.7 Å². The third kappa shape index (κ3) is 2.40. The lowest BCUT2D eigenvalue weighted by molar-refractivity contribution is 0.0995. The number of hydrogen-bond donors (Lipinski definition) is 0. The number of benzene rings is 1. The first-order chi connectivity index (χ1) is 9.15. The summed E-state index contributed by atoms with van der Waals surface area (Å²) in [5.74, 6) is 0.986. The molecule has 1 aromatic carbocycles. The molecule has 4 heteroatoms. The molecule has 0 aliphatic carbocycles. The summed E-state index contributed by atoms with van der Waals surface area (Å²) in [5, 5.41) is 2.62. The van der Waals surface area contributed by atoms with Crippen molar-refractivity contribution in [2.75, 3.05) is 6.61 Å². The van der Waals surface area contributed by atoms with Crippen molar-refractivity contribution in [1.29, 1.82) is 0 Å². The van der Waals surface area contributed by atoms with Gasteiger partial charge in [0.1, 0.15) is 5.75 Å². The van der Waals surface area contributed by atoms with Gasteiger partial charge in [-0.15, -0.1) is 11.3 Å². The number of ether oxygens (including phenoxy) is 1. The molecular weight excluding hydrogens is 280 g/mol. The van der Waals surface area contributed by atoms with Crippen molar-refractivity contribution in [2.24, 2.45) is 0 Å². The van der Waals surface area contributed by atoms with Gasteiger partial charge in [-0.2, -0.15) is 0 Å². The van der Waals surface area contributed by atoms with Gasteiger partial charge in [0.25, 0.3) is 0 Å². The van der Waals surface area contributed by atoms with Crippen molar-refractivity contribution < 1.29 is 9.53 Å². The van der Waals surface area contributed by atoms with Gasteiger partial charge in [-0.1, -0.05) is 11.6 Å². The number of rotatable bonds is 3. The van der Waals surface area contributed by atoms with Crippen LogP contribution in [0.15, 0.2) is 23.6 Å². The predicted octanol–water partition coefficient (Wildman–Crippen LogP) is 4.07. The van der Waals surface area contributed by atoms with E-state index in [1.165, 1.54) is 11.3 Å². The minimum atomic E-state index is 0.132. The Morgan fingerprint density at radius 1 is 1.47 bits per heavy atom. The Morgan fingerprint density at radius 2 is 2.32 bits per heavy atom. The molecular formula is C15H13ClO2S. The quantitative estimate of drug-likeness (QED) is 0.797. The molecule has 98 valence electrons. The Labute approximate surface area is 121 Å². The lowest BCUT2D eigenvalue weighted by Gasteiger charge is -2.08. The van der Waals surface area contributed by atoms with Gasteiger partial charge >= 0.3 is 0 Å². The number of aryl methyl sites for hydroxylation is 1. The number of carbonyl (C=O) groups excluding carboxylic acids is 1. The maximum atomic E-state index is 12.3. The molecule has 2 heterocycles. The van der Waals surface area contributed by atoms with Gasteiger partial charge in [-0.05, 0) is 41.6 Å². The predicted molar refractivity (Wildman–Crippen MR) is 77.7 cm³/mol. The summed E-state index contributed by atoms with van der Waals surface area (Å²) in [4.78, 5) is 13.1. The van der Waals surface area contributed by atoms with Gasteiger partial charge in [0, 0.05) is 23.4 Å². The molecule has 0 saturated heterocycles. The fourth-order valence-electron chi connectivity index (χ4n) is 2.39. The molecule has 3 rings (SSSR count). The summed E-state index contributed by atoms with van der Waals surface area (Å²) in [6.45, 7) is 2.64. The molecule has 0 radical (unpaired) electrons. The highest BCUT2D eigenvalue weighted by Gasteiger charge is 2.20. The highest BCUT2D eigenvalue weighted by molar-refractivity contribution is 7.12. The average molecular weight is 293 g/mol. The van der Waals surface area contributed by atoms with E-state index in [1.807, 2.05) is 30.5 Å². The summed E-state index contributed by atoms with van der Waals surface area (Å²) < 4.78 is 5.63. The first kappa shape index (κ1) is 12.7. The topological polar surface area (TPSA) is 26.3 Å². The summed E-state index contributed by atoms with van der Waals surface area (Å²) in [6.07, 6.45) is 1.22. The van der Waals surface area contributed by atoms with Crippen LogP contribution in [-0.4, -0.2) is 12.4 Å². The summed E-state index contributed by atoms with van der Waals surface area (Å²) in [5.41, 5.74) is 3.05. The third-order valence-corrected chi connectivity index (χ3v) is 4.57. The smallest absolute Gasteiger partial charge is 0.177 e. The van der Waals surface area contributed by atoms with Crippen molar-refractivity contribution in [3.8, 4) is 5.75 Å². The van der Waals surface area contributed by atoms with Crippen LogP contribution in [0.25, 0.3) is 0 Å². The van der Waals surface area contributed by atoms with Gasteiger partial charge in [0.05, 0.1) is 11.5 Å². The lowest BCUT2D eigenvalue weighted by Crippen LogP contribution is -2.04. The van der Waals surface area contributed by atoms with Crippen LogP contribution in [0.1, 0.15) is 26.4 Å². The third-order valence-electron chi connectivity index (χ3n) is 3.29. The van der Waals surface area contributed by atoms with E-state index in [2.05, 4.69) is 0 Å². The van der Waals surface area contributed by atoms with E-state index in [0.29, 0.717) is 18.1 Å². The molecule has 0 saturated carbocycles. The number of carbonyl (C=O) groups is 1. The molecule has 1 aromatic heterocycles. The number of Topliss-reactive ketones (excluding diaryl/α,β-unsaturated/α-hetero) is 1. The standard InChI is InChI=1S/C15H13ClO2S/c1-9-3-5-19-15(9)13(17)8-11-7-12(16)6-10-2-4-18-14(10)11/h3,5-7H,2,4,8H2,1H3. The summed E-state index contributed by atoms with van der Waals surface area (Å²) in [6, 6.07) is 5.73. The molecule has 2 nitrogen and oxygen atoms in total. The van der Waals surface area contributed by atoms with Crippen LogP contribution in [0.2, 0.25) is 5.02 Å². The fourth-order valence-corrected chi connectivity index (χ4v) is 3.52. The Kier molecular flexibility index (Phi) is 3.33. The molecule has 19 heavy (non-hydrogen) atoms. The van der Waals surface area contributed by atoms with Gasteiger partial charge in [-0.3, -0.25) is 4.79 Å². The van der Waals surface area contributed by atoms with Gasteiger partial charge in [0.2, 0.25) is 0 Å². The Hall–Kier alpha value is -1.32.